The second kappa shape index (κ2) is 11.8. The summed E-state index contributed by atoms with van der Waals surface area (Å²) >= 11 is 5.84. The molecule has 1 aromatic heterocycles. The zero-order valence-corrected chi connectivity index (χ0v) is 25.0. The number of carbonyl (C=O) groups excluding carboxylic acids is 2. The number of alkyl halides is 3. The van der Waals surface area contributed by atoms with Crippen molar-refractivity contribution in [2.45, 2.75) is 61.5 Å². The molecule has 4 atom stereocenters. The molecule has 0 radical (unpaired) electrons. The number of rotatable bonds is 8. The molecule has 4 heterocycles. The number of ether oxygens (including phenoxy) is 1. The van der Waals surface area contributed by atoms with Gasteiger partial charge in [0.1, 0.15) is 17.7 Å². The molecule has 3 amide bonds. The molecule has 14 heteroatoms. The zero-order valence-electron chi connectivity index (χ0n) is 24.2. The number of halogens is 5. The predicted molar refractivity (Wildman–Crippen MR) is 160 cm³/mol. The molecular weight excluding hydrogens is 616 g/mol. The Hall–Kier alpha value is -3.81. The predicted octanol–water partition coefficient (Wildman–Crippen LogP) is 5.95. The lowest BCUT2D eigenvalue weighted by atomic mass is 9.68. The van der Waals surface area contributed by atoms with Gasteiger partial charge in [0.2, 0.25) is 5.91 Å². The second-order valence-electron chi connectivity index (χ2n) is 11.8. The number of aliphatic imine (C=N–C) groups is 1. The van der Waals surface area contributed by atoms with Crippen molar-refractivity contribution < 1.29 is 31.9 Å². The fourth-order valence-electron chi connectivity index (χ4n) is 6.28. The average molecular weight is 647 g/mol. The van der Waals surface area contributed by atoms with E-state index in [1.165, 1.54) is 30.5 Å². The molecule has 1 aromatic carbocycles. The Morgan fingerprint density at radius 1 is 1.20 bits per heavy atom. The van der Waals surface area contributed by atoms with Gasteiger partial charge in [-0.2, -0.15) is 13.2 Å². The average Bonchev–Trinajstić information content (AvgIpc) is 3.76. The molecule has 4 aliphatic rings. The van der Waals surface area contributed by atoms with E-state index in [0.717, 1.165) is 43.3 Å². The van der Waals surface area contributed by atoms with E-state index in [2.05, 4.69) is 25.9 Å². The van der Waals surface area contributed by atoms with Crippen LogP contribution >= 0.6 is 11.6 Å². The minimum Gasteiger partial charge on any atom is -0.367 e. The van der Waals surface area contributed by atoms with E-state index in [4.69, 9.17) is 16.3 Å². The van der Waals surface area contributed by atoms with Crippen LogP contribution in [0.25, 0.3) is 0 Å². The Labute approximate surface area is 261 Å². The van der Waals surface area contributed by atoms with Gasteiger partial charge in [-0.1, -0.05) is 30.5 Å². The lowest BCUT2D eigenvalue weighted by Gasteiger charge is -2.52. The van der Waals surface area contributed by atoms with Crippen LogP contribution in [0.2, 0.25) is 5.02 Å². The molecule has 3 aliphatic heterocycles. The van der Waals surface area contributed by atoms with E-state index < -0.39 is 54.1 Å². The third kappa shape index (κ3) is 5.96. The van der Waals surface area contributed by atoms with Gasteiger partial charge in [-0.3, -0.25) is 20.4 Å². The summed E-state index contributed by atoms with van der Waals surface area (Å²) in [4.78, 5) is 35.7. The number of hydrogen-bond acceptors (Lipinski definition) is 6. The number of nitrogens with one attached hydrogen (secondary N) is 3. The molecule has 2 aromatic rings. The Balaban J connectivity index is 1.28. The number of nitrogens with zero attached hydrogens (tertiary/aromatic N) is 3. The second-order valence-corrected chi connectivity index (χ2v) is 12.2. The van der Waals surface area contributed by atoms with Gasteiger partial charge in [0.05, 0.1) is 28.8 Å². The first kappa shape index (κ1) is 31.2. The van der Waals surface area contributed by atoms with E-state index in [-0.39, 0.29) is 22.6 Å². The van der Waals surface area contributed by atoms with Crippen LogP contribution in [0.3, 0.4) is 0 Å². The van der Waals surface area contributed by atoms with Crippen molar-refractivity contribution in [1.82, 2.24) is 15.2 Å². The van der Waals surface area contributed by atoms with Gasteiger partial charge in [0.25, 0.3) is 0 Å². The molecule has 238 valence electrons. The minimum atomic E-state index is -4.91. The third-order valence-electron chi connectivity index (χ3n) is 9.03. The highest BCUT2D eigenvalue weighted by atomic mass is 35.5. The summed E-state index contributed by atoms with van der Waals surface area (Å²) in [5, 5.41) is 8.73. The van der Waals surface area contributed by atoms with Crippen molar-refractivity contribution in [2.24, 2.45) is 10.9 Å². The lowest BCUT2D eigenvalue weighted by Crippen LogP contribution is -2.62. The van der Waals surface area contributed by atoms with Crippen LogP contribution in [0.4, 0.5) is 33.9 Å². The van der Waals surface area contributed by atoms with Gasteiger partial charge < -0.3 is 15.0 Å². The van der Waals surface area contributed by atoms with Crippen molar-refractivity contribution in [2.75, 3.05) is 24.3 Å². The number of pyridine rings is 1. The van der Waals surface area contributed by atoms with Crippen LogP contribution in [0.1, 0.15) is 37.7 Å². The zero-order chi connectivity index (χ0) is 32.0. The highest BCUT2D eigenvalue weighted by Gasteiger charge is 2.64. The number of fused-ring (bicyclic) bond motifs is 1. The molecular formula is C31H31ClF4N6O3. The Morgan fingerprint density at radius 3 is 2.69 bits per heavy atom. The molecule has 2 unspecified atom stereocenters. The smallest absolute Gasteiger partial charge is 0.367 e. The van der Waals surface area contributed by atoms with Crippen molar-refractivity contribution in [3.8, 4) is 0 Å². The maximum atomic E-state index is 15.2. The SMILES string of the molecule is CO[C@]1(C(F)(F)F)C[C@H](C(=O)Nc2cc(C3(CCC4CC4)NC4C=CN=CC=C43)ccc2F)N(C(=O)Nc2ccc(Cl)cn2)C1. The first-order valence-corrected chi connectivity index (χ1v) is 14.9. The van der Waals surface area contributed by atoms with Gasteiger partial charge in [0.15, 0.2) is 5.60 Å². The Kier molecular flexibility index (Phi) is 8.21. The maximum absolute atomic E-state index is 15.2. The van der Waals surface area contributed by atoms with Crippen molar-refractivity contribution in [3.63, 3.8) is 0 Å². The number of aromatic nitrogens is 1. The molecule has 0 bridgehead atoms. The number of allylic oxidation sites excluding steroid dienone is 1. The van der Waals surface area contributed by atoms with E-state index in [1.807, 2.05) is 12.2 Å². The summed E-state index contributed by atoms with van der Waals surface area (Å²) < 4.78 is 62.9. The minimum absolute atomic E-state index is 0.0136. The topological polar surface area (TPSA) is 108 Å². The van der Waals surface area contributed by atoms with E-state index >= 15 is 4.39 Å². The highest BCUT2D eigenvalue weighted by Crippen LogP contribution is 2.49. The third-order valence-corrected chi connectivity index (χ3v) is 9.26. The molecule has 0 spiro atoms. The number of anilines is 2. The van der Waals surface area contributed by atoms with Gasteiger partial charge in [-0.25, -0.2) is 14.2 Å². The maximum Gasteiger partial charge on any atom is 0.419 e. The lowest BCUT2D eigenvalue weighted by molar-refractivity contribution is -0.263. The van der Waals surface area contributed by atoms with E-state index in [9.17, 15) is 22.8 Å². The Morgan fingerprint density at radius 2 is 2.00 bits per heavy atom. The summed E-state index contributed by atoms with van der Waals surface area (Å²) in [6.45, 7) is -0.966. The molecule has 45 heavy (non-hydrogen) atoms. The van der Waals surface area contributed by atoms with Crippen LogP contribution in [0.15, 0.2) is 65.4 Å². The standard InChI is InChI=1S/C31H31ClF4N6O3/c1-45-29(31(34,35)36)15-25(42(17-29)28(44)40-26-7-5-20(32)16-38-26)27(43)39-24-14-19(4-6-22(24)33)30(11-8-18-2-3-18)21-9-12-37-13-10-23(21)41-30/h4-7,9-10,12-14,16,18,23,25,41H,2-3,8,11,15,17H2,1H3,(H,39,43)(H,38,40,44)/t23?,25-,29-,30?/m1/s1. The number of benzene rings is 1. The number of urea groups is 1. The monoisotopic (exact) mass is 646 g/mol. The molecule has 3 N–H and O–H groups in total. The highest BCUT2D eigenvalue weighted by molar-refractivity contribution is 6.30. The molecule has 6 rings (SSSR count). The first-order chi connectivity index (χ1) is 21.4. The number of amides is 3. The molecule has 9 nitrogen and oxygen atoms in total. The van der Waals surface area contributed by atoms with Gasteiger partial charge in [-0.05, 0) is 66.3 Å². The quantitative estimate of drug-likeness (QED) is 0.308. The summed E-state index contributed by atoms with van der Waals surface area (Å²) in [6.07, 6.45) is 6.71. The first-order valence-electron chi connectivity index (χ1n) is 14.5. The number of likely N-dealkylation sites (tertiary alicyclic amines) is 1. The summed E-state index contributed by atoms with van der Waals surface area (Å²) in [5.41, 5.74) is -1.92. The van der Waals surface area contributed by atoms with Crippen molar-refractivity contribution in [3.05, 3.63) is 76.9 Å². The van der Waals surface area contributed by atoms with Gasteiger partial charge >= 0.3 is 12.2 Å². The molecule has 1 saturated carbocycles. The Bertz CT molecular complexity index is 1580. The fraction of sp³-hybridized carbons (Fsp3) is 0.419. The molecule has 1 aliphatic carbocycles. The van der Waals surface area contributed by atoms with E-state index in [1.54, 1.807) is 18.5 Å². The van der Waals surface area contributed by atoms with Gasteiger partial charge in [0, 0.05) is 32.1 Å². The van der Waals surface area contributed by atoms with Crippen molar-refractivity contribution in [1.29, 1.82) is 0 Å². The van der Waals surface area contributed by atoms with Gasteiger partial charge in [-0.15, -0.1) is 0 Å². The molecule has 2 saturated heterocycles. The largest absolute Gasteiger partial charge is 0.419 e. The van der Waals surface area contributed by atoms with Crippen molar-refractivity contribution >= 4 is 41.3 Å². The summed E-state index contributed by atoms with van der Waals surface area (Å²) in [6, 6.07) is 4.45. The summed E-state index contributed by atoms with van der Waals surface area (Å²) in [5.74, 6) is -1.14. The van der Waals surface area contributed by atoms with Crippen LogP contribution in [-0.4, -0.2) is 65.6 Å². The summed E-state index contributed by atoms with van der Waals surface area (Å²) in [7, 11) is 0.871. The van der Waals surface area contributed by atoms with Crippen LogP contribution in [-0.2, 0) is 15.1 Å². The van der Waals surface area contributed by atoms with Crippen LogP contribution in [0, 0.1) is 11.7 Å². The fourth-order valence-corrected chi connectivity index (χ4v) is 6.39. The number of hydrogen-bond donors (Lipinski definition) is 3. The molecule has 3 fully saturated rings. The number of methoxy groups -OCH3 is 1. The van der Waals surface area contributed by atoms with Crippen LogP contribution in [0.5, 0.6) is 0 Å². The van der Waals surface area contributed by atoms with Crippen LogP contribution < -0.4 is 16.0 Å². The normalized spacial score (nSPS) is 27.3. The van der Waals surface area contributed by atoms with E-state index in [0.29, 0.717) is 11.5 Å². The number of carbonyl (C=O) groups is 2.